The second-order valence-electron chi connectivity index (χ2n) is 5.07. The molecule has 6 nitrogen and oxygen atoms in total. The smallest absolute Gasteiger partial charge is 0.277 e. The van der Waals surface area contributed by atoms with Gasteiger partial charge in [-0.05, 0) is 30.2 Å². The van der Waals surface area contributed by atoms with Gasteiger partial charge < -0.3 is 15.7 Å². The van der Waals surface area contributed by atoms with E-state index in [0.717, 1.165) is 30.1 Å². The van der Waals surface area contributed by atoms with E-state index >= 15 is 0 Å². The third kappa shape index (κ3) is 2.55. The molecule has 0 aliphatic carbocycles. The van der Waals surface area contributed by atoms with Crippen LogP contribution in [0.2, 0.25) is 0 Å². The largest absolute Gasteiger partial charge is 0.395 e. The minimum absolute atomic E-state index is 0.0240. The first-order chi connectivity index (χ1) is 10.2. The Kier molecular flexibility index (Phi) is 3.72. The van der Waals surface area contributed by atoms with Crippen LogP contribution < -0.4 is 10.6 Å². The number of fused-ring (bicyclic) bond motifs is 1. The highest BCUT2D eigenvalue weighted by molar-refractivity contribution is 6.17. The first-order valence-electron chi connectivity index (χ1n) is 6.97. The van der Waals surface area contributed by atoms with Crippen molar-refractivity contribution < 1.29 is 14.7 Å². The van der Waals surface area contributed by atoms with Crippen molar-refractivity contribution >= 4 is 17.5 Å². The number of β-amino-alcohol motifs (C(OH)–C–C–N with tert-alkyl or cyclic N) is 1. The zero-order valence-electron chi connectivity index (χ0n) is 11.6. The van der Waals surface area contributed by atoms with Crippen molar-refractivity contribution in [2.24, 2.45) is 0 Å². The number of carbonyl (C=O) groups is 2. The van der Waals surface area contributed by atoms with E-state index in [-0.39, 0.29) is 30.7 Å². The lowest BCUT2D eigenvalue weighted by molar-refractivity contribution is -0.137. The highest BCUT2D eigenvalue weighted by atomic mass is 16.3. The number of imide groups is 1. The number of rotatable bonds is 4. The molecule has 0 saturated carbocycles. The monoisotopic (exact) mass is 287 g/mol. The fraction of sp³-hybridized carbons (Fsp3) is 0.333. The Morgan fingerprint density at radius 2 is 2.19 bits per heavy atom. The van der Waals surface area contributed by atoms with Gasteiger partial charge >= 0.3 is 0 Å². The SMILES string of the molecule is O=C1C=C(Nc2cccc3c2CCNC3)C(=O)N1CCO. The van der Waals surface area contributed by atoms with Crippen molar-refractivity contribution in [1.29, 1.82) is 0 Å². The second-order valence-corrected chi connectivity index (χ2v) is 5.07. The van der Waals surface area contributed by atoms with Gasteiger partial charge in [0.25, 0.3) is 11.8 Å². The first-order valence-corrected chi connectivity index (χ1v) is 6.97. The van der Waals surface area contributed by atoms with Gasteiger partial charge in [0.1, 0.15) is 5.70 Å². The Hall–Kier alpha value is -2.18. The van der Waals surface area contributed by atoms with Gasteiger partial charge in [-0.1, -0.05) is 12.1 Å². The standard InChI is InChI=1S/C15H17N3O3/c19-7-6-18-14(20)8-13(15(18)21)17-12-3-1-2-10-9-16-5-4-11(10)12/h1-3,8,16-17,19H,4-7,9H2. The summed E-state index contributed by atoms with van der Waals surface area (Å²) in [6.45, 7) is 1.50. The molecular formula is C15H17N3O3. The molecule has 110 valence electrons. The van der Waals surface area contributed by atoms with Crippen molar-refractivity contribution in [3.05, 3.63) is 41.1 Å². The van der Waals surface area contributed by atoms with Gasteiger partial charge in [-0.3, -0.25) is 14.5 Å². The summed E-state index contributed by atoms with van der Waals surface area (Å²) in [5.41, 5.74) is 3.52. The quantitative estimate of drug-likeness (QED) is 0.679. The fourth-order valence-corrected chi connectivity index (χ4v) is 2.70. The van der Waals surface area contributed by atoms with E-state index < -0.39 is 0 Å². The van der Waals surface area contributed by atoms with Crippen LogP contribution in [-0.2, 0) is 22.6 Å². The zero-order valence-corrected chi connectivity index (χ0v) is 11.6. The molecule has 6 heteroatoms. The van der Waals surface area contributed by atoms with Crippen LogP contribution in [0, 0.1) is 0 Å². The number of amides is 2. The van der Waals surface area contributed by atoms with E-state index in [9.17, 15) is 9.59 Å². The Morgan fingerprint density at radius 3 is 3.00 bits per heavy atom. The van der Waals surface area contributed by atoms with Gasteiger partial charge in [-0.15, -0.1) is 0 Å². The minimum Gasteiger partial charge on any atom is -0.395 e. The van der Waals surface area contributed by atoms with Crippen LogP contribution in [0.15, 0.2) is 30.0 Å². The summed E-state index contributed by atoms with van der Waals surface area (Å²) < 4.78 is 0. The van der Waals surface area contributed by atoms with Gasteiger partial charge in [0.15, 0.2) is 0 Å². The summed E-state index contributed by atoms with van der Waals surface area (Å²) in [7, 11) is 0. The topological polar surface area (TPSA) is 81.7 Å². The maximum atomic E-state index is 12.1. The lowest BCUT2D eigenvalue weighted by Gasteiger charge is -2.21. The van der Waals surface area contributed by atoms with Crippen LogP contribution in [0.4, 0.5) is 5.69 Å². The molecular weight excluding hydrogens is 270 g/mol. The molecule has 3 N–H and O–H groups in total. The van der Waals surface area contributed by atoms with E-state index in [0.29, 0.717) is 0 Å². The van der Waals surface area contributed by atoms with Gasteiger partial charge in [0.05, 0.1) is 13.2 Å². The Labute approximate surface area is 122 Å². The lowest BCUT2D eigenvalue weighted by Crippen LogP contribution is -2.34. The van der Waals surface area contributed by atoms with Crippen LogP contribution in [0.25, 0.3) is 0 Å². The Bertz CT molecular complexity index is 625. The fourth-order valence-electron chi connectivity index (χ4n) is 2.70. The number of carbonyl (C=O) groups excluding carboxylic acids is 2. The first kappa shape index (κ1) is 13.8. The van der Waals surface area contributed by atoms with Crippen molar-refractivity contribution in [2.45, 2.75) is 13.0 Å². The average Bonchev–Trinajstić information content (AvgIpc) is 2.76. The maximum absolute atomic E-state index is 12.1. The third-order valence-corrected chi connectivity index (χ3v) is 3.74. The molecule has 21 heavy (non-hydrogen) atoms. The minimum atomic E-state index is -0.388. The highest BCUT2D eigenvalue weighted by Crippen LogP contribution is 2.25. The van der Waals surface area contributed by atoms with Crippen LogP contribution in [0.5, 0.6) is 0 Å². The number of hydrogen-bond acceptors (Lipinski definition) is 5. The molecule has 2 aliphatic rings. The molecule has 2 amide bonds. The zero-order chi connectivity index (χ0) is 14.8. The summed E-state index contributed by atoms with van der Waals surface area (Å²) >= 11 is 0. The van der Waals surface area contributed by atoms with E-state index in [4.69, 9.17) is 5.11 Å². The summed E-state index contributed by atoms with van der Waals surface area (Å²) in [6.07, 6.45) is 2.17. The predicted octanol–water partition coefficient (Wildman–Crippen LogP) is -0.0108. The van der Waals surface area contributed by atoms with E-state index in [1.165, 1.54) is 17.2 Å². The second kappa shape index (κ2) is 5.67. The molecule has 0 fully saturated rings. The number of aliphatic hydroxyl groups excluding tert-OH is 1. The van der Waals surface area contributed by atoms with Crippen molar-refractivity contribution in [3.63, 3.8) is 0 Å². The Morgan fingerprint density at radius 1 is 1.33 bits per heavy atom. The van der Waals surface area contributed by atoms with Crippen molar-refractivity contribution in [2.75, 3.05) is 25.0 Å². The predicted molar refractivity (Wildman–Crippen MR) is 77.4 cm³/mol. The summed E-state index contributed by atoms with van der Waals surface area (Å²) in [4.78, 5) is 24.9. The van der Waals surface area contributed by atoms with E-state index in [1.54, 1.807) is 0 Å². The summed E-state index contributed by atoms with van der Waals surface area (Å²) in [6, 6.07) is 5.90. The van der Waals surface area contributed by atoms with Crippen LogP contribution in [-0.4, -0.2) is 41.5 Å². The molecule has 1 aromatic carbocycles. The van der Waals surface area contributed by atoms with Gasteiger partial charge in [0, 0.05) is 18.3 Å². The van der Waals surface area contributed by atoms with Gasteiger partial charge in [0.2, 0.25) is 0 Å². The average molecular weight is 287 g/mol. The van der Waals surface area contributed by atoms with Crippen LogP contribution in [0.3, 0.4) is 0 Å². The molecule has 0 unspecified atom stereocenters. The third-order valence-electron chi connectivity index (χ3n) is 3.74. The lowest BCUT2D eigenvalue weighted by atomic mass is 9.99. The molecule has 0 saturated heterocycles. The molecule has 0 bridgehead atoms. The van der Waals surface area contributed by atoms with Crippen molar-refractivity contribution in [1.82, 2.24) is 10.2 Å². The van der Waals surface area contributed by atoms with E-state index in [1.807, 2.05) is 12.1 Å². The van der Waals surface area contributed by atoms with Gasteiger partial charge in [-0.2, -0.15) is 0 Å². The molecule has 1 aromatic rings. The van der Waals surface area contributed by atoms with Crippen LogP contribution >= 0.6 is 0 Å². The van der Waals surface area contributed by atoms with Gasteiger partial charge in [-0.25, -0.2) is 0 Å². The molecule has 0 atom stereocenters. The number of hydrogen-bond donors (Lipinski definition) is 3. The summed E-state index contributed by atoms with van der Waals surface area (Å²) in [5.74, 6) is -0.774. The normalized spacial score (nSPS) is 17.8. The molecule has 0 radical (unpaired) electrons. The Balaban J connectivity index is 1.83. The number of anilines is 1. The molecule has 0 aromatic heterocycles. The van der Waals surface area contributed by atoms with Crippen LogP contribution in [0.1, 0.15) is 11.1 Å². The van der Waals surface area contributed by atoms with E-state index in [2.05, 4.69) is 16.7 Å². The molecule has 0 spiro atoms. The number of nitrogens with one attached hydrogen (secondary N) is 2. The number of benzene rings is 1. The van der Waals surface area contributed by atoms with Crippen molar-refractivity contribution in [3.8, 4) is 0 Å². The maximum Gasteiger partial charge on any atom is 0.277 e. The number of aliphatic hydroxyl groups is 1. The molecule has 2 heterocycles. The number of nitrogens with zero attached hydrogens (tertiary/aromatic N) is 1. The summed E-state index contributed by atoms with van der Waals surface area (Å²) in [5, 5.41) is 15.3. The highest BCUT2D eigenvalue weighted by Gasteiger charge is 2.31. The molecule has 2 aliphatic heterocycles. The molecule has 3 rings (SSSR count).